The quantitative estimate of drug-likeness (QED) is 0.700. The highest BCUT2D eigenvalue weighted by Gasteiger charge is 2.11. The molecule has 3 nitrogen and oxygen atoms in total. The van der Waals surface area contributed by atoms with E-state index in [1.807, 2.05) is 0 Å². The molecule has 1 aromatic carbocycles. The van der Waals surface area contributed by atoms with E-state index in [9.17, 15) is 12.3 Å². The van der Waals surface area contributed by atoms with Crippen molar-refractivity contribution in [2.75, 3.05) is 7.11 Å². The molecule has 0 fully saturated rings. The van der Waals surface area contributed by atoms with Gasteiger partial charge in [-0.15, -0.1) is 3.89 Å². The van der Waals surface area contributed by atoms with Gasteiger partial charge < -0.3 is 4.74 Å². The van der Waals surface area contributed by atoms with Crippen LogP contribution in [0.5, 0.6) is 0 Å². The second-order valence-electron chi connectivity index (χ2n) is 2.52. The number of methoxy groups -OCH3 is 1. The molecule has 0 aromatic heterocycles. The standard InChI is InChI=1S/C8H9FO3S/c1-12-6-7-3-2-4-8(5-7)13(9,10)11/h2-5H,6H2,1H3. The van der Waals surface area contributed by atoms with E-state index in [4.69, 9.17) is 4.74 Å². The third-order valence-corrected chi connectivity index (χ3v) is 2.31. The summed E-state index contributed by atoms with van der Waals surface area (Å²) in [5.41, 5.74) is 0.626. The van der Waals surface area contributed by atoms with Crippen LogP contribution in [0, 0.1) is 0 Å². The van der Waals surface area contributed by atoms with E-state index in [-0.39, 0.29) is 11.5 Å². The Morgan fingerprint density at radius 1 is 1.46 bits per heavy atom. The Bertz CT molecular complexity index is 386. The first kappa shape index (κ1) is 10.1. The Kier molecular flexibility index (Phi) is 3.00. The molecule has 0 saturated heterocycles. The molecule has 0 unspecified atom stereocenters. The summed E-state index contributed by atoms with van der Waals surface area (Å²) in [6.07, 6.45) is 0. The lowest BCUT2D eigenvalue weighted by Crippen LogP contribution is -1.94. The monoisotopic (exact) mass is 204 g/mol. The molecule has 0 N–H and O–H groups in total. The summed E-state index contributed by atoms with van der Waals surface area (Å²) in [4.78, 5) is -0.331. The maximum atomic E-state index is 12.5. The van der Waals surface area contributed by atoms with Crippen LogP contribution in [0.15, 0.2) is 29.2 Å². The average Bonchev–Trinajstić information content (AvgIpc) is 2.04. The molecule has 1 aromatic rings. The Hall–Kier alpha value is -0.940. The van der Waals surface area contributed by atoms with Gasteiger partial charge in [-0.3, -0.25) is 0 Å². The first-order valence-corrected chi connectivity index (χ1v) is 4.95. The highest BCUT2D eigenvalue weighted by Crippen LogP contribution is 2.14. The van der Waals surface area contributed by atoms with Crippen molar-refractivity contribution in [2.45, 2.75) is 11.5 Å². The largest absolute Gasteiger partial charge is 0.380 e. The normalized spacial score (nSPS) is 11.5. The van der Waals surface area contributed by atoms with E-state index in [1.54, 1.807) is 6.07 Å². The van der Waals surface area contributed by atoms with Crippen molar-refractivity contribution in [3.05, 3.63) is 29.8 Å². The van der Waals surface area contributed by atoms with Crippen molar-refractivity contribution in [3.63, 3.8) is 0 Å². The summed E-state index contributed by atoms with van der Waals surface area (Å²) in [5.74, 6) is 0. The zero-order chi connectivity index (χ0) is 9.90. The molecule has 13 heavy (non-hydrogen) atoms. The number of hydrogen-bond donors (Lipinski definition) is 0. The molecule has 0 bridgehead atoms. The highest BCUT2D eigenvalue weighted by atomic mass is 32.3. The van der Waals surface area contributed by atoms with Crippen molar-refractivity contribution >= 4 is 10.2 Å². The minimum atomic E-state index is -4.60. The van der Waals surface area contributed by atoms with Crippen molar-refractivity contribution < 1.29 is 17.0 Å². The molecule has 5 heteroatoms. The van der Waals surface area contributed by atoms with Crippen molar-refractivity contribution in [1.29, 1.82) is 0 Å². The van der Waals surface area contributed by atoms with Gasteiger partial charge in [-0.05, 0) is 17.7 Å². The van der Waals surface area contributed by atoms with Crippen LogP contribution < -0.4 is 0 Å². The average molecular weight is 204 g/mol. The van der Waals surface area contributed by atoms with E-state index in [0.29, 0.717) is 5.56 Å². The number of ether oxygens (including phenoxy) is 1. The minimum absolute atomic E-state index is 0.267. The summed E-state index contributed by atoms with van der Waals surface area (Å²) < 4.78 is 38.2. The van der Waals surface area contributed by atoms with Gasteiger partial charge in [-0.25, -0.2) is 0 Å². The smallest absolute Gasteiger partial charge is 0.332 e. The molecule has 0 spiro atoms. The van der Waals surface area contributed by atoms with E-state index < -0.39 is 10.2 Å². The maximum absolute atomic E-state index is 12.5. The second-order valence-corrected chi connectivity index (χ2v) is 3.87. The van der Waals surface area contributed by atoms with Gasteiger partial charge in [0.1, 0.15) is 0 Å². The number of hydrogen-bond acceptors (Lipinski definition) is 3. The van der Waals surface area contributed by atoms with Crippen LogP contribution in [0.1, 0.15) is 5.56 Å². The fourth-order valence-electron chi connectivity index (χ4n) is 0.954. The van der Waals surface area contributed by atoms with Crippen LogP contribution >= 0.6 is 0 Å². The minimum Gasteiger partial charge on any atom is -0.380 e. The van der Waals surface area contributed by atoms with Gasteiger partial charge in [-0.1, -0.05) is 12.1 Å². The van der Waals surface area contributed by atoms with Gasteiger partial charge in [0, 0.05) is 7.11 Å². The second kappa shape index (κ2) is 3.85. The molecule has 0 aliphatic carbocycles. The van der Waals surface area contributed by atoms with E-state index >= 15 is 0 Å². The van der Waals surface area contributed by atoms with Crippen molar-refractivity contribution in [3.8, 4) is 0 Å². The molecule has 0 heterocycles. The fraction of sp³-hybridized carbons (Fsp3) is 0.250. The molecular weight excluding hydrogens is 195 g/mol. The van der Waals surface area contributed by atoms with Crippen LogP contribution in [0.4, 0.5) is 3.89 Å². The summed E-state index contributed by atoms with van der Waals surface area (Å²) in [6.45, 7) is 0.267. The summed E-state index contributed by atoms with van der Waals surface area (Å²) >= 11 is 0. The summed E-state index contributed by atoms with van der Waals surface area (Å²) in [7, 11) is -3.12. The van der Waals surface area contributed by atoms with Gasteiger partial charge in [0.05, 0.1) is 11.5 Å². The maximum Gasteiger partial charge on any atom is 0.332 e. The lowest BCUT2D eigenvalue weighted by Gasteiger charge is -2.00. The number of benzene rings is 1. The topological polar surface area (TPSA) is 43.4 Å². The fourth-order valence-corrected chi connectivity index (χ4v) is 1.49. The lowest BCUT2D eigenvalue weighted by atomic mass is 10.2. The lowest BCUT2D eigenvalue weighted by molar-refractivity contribution is 0.184. The zero-order valence-electron chi connectivity index (χ0n) is 7.03. The Balaban J connectivity index is 3.06. The van der Waals surface area contributed by atoms with Crippen LogP contribution in [0.2, 0.25) is 0 Å². The number of halogens is 1. The molecule has 0 atom stereocenters. The van der Waals surface area contributed by atoms with Crippen LogP contribution in [0.25, 0.3) is 0 Å². The third-order valence-electron chi connectivity index (χ3n) is 1.49. The molecule has 0 amide bonds. The predicted octanol–water partition coefficient (Wildman–Crippen LogP) is 1.49. The third kappa shape index (κ3) is 2.78. The van der Waals surface area contributed by atoms with E-state index in [2.05, 4.69) is 0 Å². The SMILES string of the molecule is COCc1cccc(S(=O)(=O)F)c1. The van der Waals surface area contributed by atoms with Gasteiger partial charge >= 0.3 is 10.2 Å². The van der Waals surface area contributed by atoms with Gasteiger partial charge in [0.25, 0.3) is 0 Å². The van der Waals surface area contributed by atoms with Crippen LogP contribution in [-0.2, 0) is 21.6 Å². The summed E-state index contributed by atoms with van der Waals surface area (Å²) in [5, 5.41) is 0. The molecule has 0 radical (unpaired) electrons. The van der Waals surface area contributed by atoms with Crippen LogP contribution in [0.3, 0.4) is 0 Å². The predicted molar refractivity (Wildman–Crippen MR) is 45.4 cm³/mol. The summed E-state index contributed by atoms with van der Waals surface area (Å²) in [6, 6.07) is 5.59. The van der Waals surface area contributed by atoms with Crippen molar-refractivity contribution in [1.82, 2.24) is 0 Å². The van der Waals surface area contributed by atoms with Gasteiger partial charge in [-0.2, -0.15) is 8.42 Å². The Morgan fingerprint density at radius 2 is 2.15 bits per heavy atom. The van der Waals surface area contributed by atoms with Gasteiger partial charge in [0.15, 0.2) is 0 Å². The first-order chi connectivity index (χ1) is 6.04. The molecular formula is C8H9FO3S. The van der Waals surface area contributed by atoms with E-state index in [0.717, 1.165) is 0 Å². The molecule has 1 rings (SSSR count). The number of rotatable bonds is 3. The Morgan fingerprint density at radius 3 is 2.69 bits per heavy atom. The molecule has 72 valence electrons. The highest BCUT2D eigenvalue weighted by molar-refractivity contribution is 7.86. The molecule has 0 saturated carbocycles. The van der Waals surface area contributed by atoms with Gasteiger partial charge in [0.2, 0.25) is 0 Å². The first-order valence-electron chi connectivity index (χ1n) is 3.56. The van der Waals surface area contributed by atoms with Crippen molar-refractivity contribution in [2.24, 2.45) is 0 Å². The van der Waals surface area contributed by atoms with E-state index in [1.165, 1.54) is 25.3 Å². The molecule has 0 aliphatic rings. The molecule has 0 aliphatic heterocycles. The zero-order valence-corrected chi connectivity index (χ0v) is 7.84. The van der Waals surface area contributed by atoms with Crippen LogP contribution in [-0.4, -0.2) is 15.5 Å². The Labute approximate surface area is 76.4 Å².